The largest absolute Gasteiger partial charge is 0.392 e. The summed E-state index contributed by atoms with van der Waals surface area (Å²) in [6.07, 6.45) is 0.846. The number of nitrogens with two attached hydrogens (primary N) is 1. The summed E-state index contributed by atoms with van der Waals surface area (Å²) in [5, 5.41) is 16.3. The lowest BCUT2D eigenvalue weighted by Gasteiger charge is -2.17. The third-order valence-corrected chi connectivity index (χ3v) is 2.95. The zero-order valence-corrected chi connectivity index (χ0v) is 11.5. The van der Waals surface area contributed by atoms with Crippen LogP contribution in [0.3, 0.4) is 0 Å². The van der Waals surface area contributed by atoms with Crippen LogP contribution in [0.15, 0.2) is 11.0 Å². The highest BCUT2D eigenvalue weighted by atomic mass is 35.5. The smallest absolute Gasteiger partial charge is 0.287 e. The molecule has 18 heavy (non-hydrogen) atoms. The monoisotopic (exact) mass is 274 g/mol. The van der Waals surface area contributed by atoms with Gasteiger partial charge in [0, 0.05) is 12.6 Å². The molecule has 1 aromatic heterocycles. The van der Waals surface area contributed by atoms with Crippen LogP contribution in [0.2, 0.25) is 5.02 Å². The van der Waals surface area contributed by atoms with Gasteiger partial charge in [0.1, 0.15) is 5.02 Å². The normalized spacial score (nSPS) is 14.6. The Morgan fingerprint density at radius 1 is 1.56 bits per heavy atom. The Morgan fingerprint density at radius 3 is 2.67 bits per heavy atom. The number of nitrogens with zero attached hydrogens (tertiary/aromatic N) is 2. The number of hydrogen-bond donors (Lipinski definition) is 3. The number of aromatic nitrogens is 2. The van der Waals surface area contributed by atoms with E-state index in [1.54, 1.807) is 6.92 Å². The Morgan fingerprint density at radius 2 is 2.17 bits per heavy atom. The standard InChI is InChI=1S/C11H19ClN4O2/c1-6(2)16-11(18)10(12)9(5-15-16)14-4-8(13)7(3)17/h5-8,14,17H,4,13H2,1-3H3. The summed E-state index contributed by atoms with van der Waals surface area (Å²) < 4.78 is 1.31. The number of nitrogens with one attached hydrogen (secondary N) is 1. The molecular weight excluding hydrogens is 256 g/mol. The zero-order chi connectivity index (χ0) is 13.9. The van der Waals surface area contributed by atoms with Crippen molar-refractivity contribution < 1.29 is 5.11 Å². The van der Waals surface area contributed by atoms with Crippen molar-refractivity contribution in [3.63, 3.8) is 0 Å². The van der Waals surface area contributed by atoms with Crippen LogP contribution < -0.4 is 16.6 Å². The number of aliphatic hydroxyl groups is 1. The van der Waals surface area contributed by atoms with Gasteiger partial charge in [0.25, 0.3) is 5.56 Å². The molecule has 0 radical (unpaired) electrons. The van der Waals surface area contributed by atoms with Gasteiger partial charge in [-0.25, -0.2) is 4.68 Å². The topological polar surface area (TPSA) is 93.2 Å². The second-order valence-corrected chi connectivity index (χ2v) is 4.88. The van der Waals surface area contributed by atoms with Crippen LogP contribution in [0.4, 0.5) is 5.69 Å². The van der Waals surface area contributed by atoms with E-state index in [2.05, 4.69) is 10.4 Å². The van der Waals surface area contributed by atoms with Gasteiger partial charge in [-0.1, -0.05) is 11.6 Å². The summed E-state index contributed by atoms with van der Waals surface area (Å²) in [4.78, 5) is 11.9. The molecule has 102 valence electrons. The quantitative estimate of drug-likeness (QED) is 0.731. The average Bonchev–Trinajstić information content (AvgIpc) is 2.30. The van der Waals surface area contributed by atoms with Crippen molar-refractivity contribution in [1.29, 1.82) is 0 Å². The average molecular weight is 275 g/mol. The second kappa shape index (κ2) is 6.17. The fourth-order valence-corrected chi connectivity index (χ4v) is 1.54. The lowest BCUT2D eigenvalue weighted by Crippen LogP contribution is -2.39. The van der Waals surface area contributed by atoms with E-state index in [1.165, 1.54) is 10.9 Å². The van der Waals surface area contributed by atoms with Gasteiger partial charge < -0.3 is 16.2 Å². The molecule has 1 rings (SSSR count). The van der Waals surface area contributed by atoms with Crippen molar-refractivity contribution in [3.05, 3.63) is 21.6 Å². The third kappa shape index (κ3) is 3.44. The van der Waals surface area contributed by atoms with E-state index in [0.717, 1.165) is 0 Å². The lowest BCUT2D eigenvalue weighted by molar-refractivity contribution is 0.168. The molecule has 1 aromatic rings. The molecule has 6 nitrogen and oxygen atoms in total. The molecule has 0 aromatic carbocycles. The molecule has 0 saturated carbocycles. The number of anilines is 1. The molecule has 2 atom stereocenters. The van der Waals surface area contributed by atoms with Gasteiger partial charge in [0.05, 0.1) is 24.0 Å². The lowest BCUT2D eigenvalue weighted by atomic mass is 10.2. The number of aliphatic hydroxyl groups excluding tert-OH is 1. The molecule has 0 aliphatic rings. The van der Waals surface area contributed by atoms with Gasteiger partial charge in [0.15, 0.2) is 0 Å². The highest BCUT2D eigenvalue weighted by molar-refractivity contribution is 6.32. The summed E-state index contributed by atoms with van der Waals surface area (Å²) in [6.45, 7) is 5.61. The van der Waals surface area contributed by atoms with Crippen LogP contribution in [-0.4, -0.2) is 33.6 Å². The fraction of sp³-hybridized carbons (Fsp3) is 0.636. The van der Waals surface area contributed by atoms with Gasteiger partial charge in [-0.2, -0.15) is 5.10 Å². The maximum atomic E-state index is 11.9. The Bertz CT molecular complexity index is 459. The first-order valence-electron chi connectivity index (χ1n) is 5.79. The van der Waals surface area contributed by atoms with E-state index in [0.29, 0.717) is 12.2 Å². The van der Waals surface area contributed by atoms with Crippen molar-refractivity contribution in [2.24, 2.45) is 5.73 Å². The predicted molar refractivity (Wildman–Crippen MR) is 72.0 cm³/mol. The first kappa shape index (κ1) is 14.9. The van der Waals surface area contributed by atoms with Crippen molar-refractivity contribution in [2.75, 3.05) is 11.9 Å². The van der Waals surface area contributed by atoms with E-state index in [1.807, 2.05) is 13.8 Å². The van der Waals surface area contributed by atoms with Gasteiger partial charge in [-0.05, 0) is 20.8 Å². The first-order chi connectivity index (χ1) is 8.34. The molecule has 7 heteroatoms. The van der Waals surface area contributed by atoms with Crippen LogP contribution in [0.25, 0.3) is 0 Å². The molecule has 1 heterocycles. The van der Waals surface area contributed by atoms with Crippen LogP contribution in [0, 0.1) is 0 Å². The molecule has 0 amide bonds. The molecule has 0 bridgehead atoms. The van der Waals surface area contributed by atoms with Gasteiger partial charge in [0.2, 0.25) is 0 Å². The highest BCUT2D eigenvalue weighted by Gasteiger charge is 2.13. The van der Waals surface area contributed by atoms with E-state index < -0.39 is 12.1 Å². The van der Waals surface area contributed by atoms with E-state index in [4.69, 9.17) is 17.3 Å². The fourth-order valence-electron chi connectivity index (χ4n) is 1.33. The summed E-state index contributed by atoms with van der Waals surface area (Å²) >= 11 is 5.97. The van der Waals surface area contributed by atoms with Gasteiger partial charge >= 0.3 is 0 Å². The minimum atomic E-state index is -0.639. The molecule has 0 aliphatic carbocycles. The van der Waals surface area contributed by atoms with Crippen molar-refractivity contribution in [2.45, 2.75) is 39.0 Å². The Balaban J connectivity index is 2.86. The van der Waals surface area contributed by atoms with Crippen molar-refractivity contribution in [3.8, 4) is 0 Å². The Labute approximate surface area is 111 Å². The van der Waals surface area contributed by atoms with Crippen LogP contribution in [0.1, 0.15) is 26.8 Å². The summed E-state index contributed by atoms with van der Waals surface area (Å²) in [6, 6.07) is -0.489. The van der Waals surface area contributed by atoms with Gasteiger partial charge in [-0.15, -0.1) is 0 Å². The van der Waals surface area contributed by atoms with E-state index >= 15 is 0 Å². The minimum Gasteiger partial charge on any atom is -0.392 e. The summed E-state index contributed by atoms with van der Waals surface area (Å²) in [5.74, 6) is 0. The molecular formula is C11H19ClN4O2. The molecule has 0 aliphatic heterocycles. The second-order valence-electron chi connectivity index (χ2n) is 4.50. The molecule has 4 N–H and O–H groups in total. The zero-order valence-electron chi connectivity index (χ0n) is 10.7. The maximum absolute atomic E-state index is 11.9. The number of hydrogen-bond acceptors (Lipinski definition) is 5. The van der Waals surface area contributed by atoms with Crippen molar-refractivity contribution in [1.82, 2.24) is 9.78 Å². The van der Waals surface area contributed by atoms with E-state index in [9.17, 15) is 9.90 Å². The summed E-state index contributed by atoms with van der Waals surface area (Å²) in [5.41, 5.74) is 5.75. The SMILES string of the molecule is CC(O)C(N)CNc1cnn(C(C)C)c(=O)c1Cl. The van der Waals surface area contributed by atoms with Gasteiger partial charge in [-0.3, -0.25) is 4.79 Å². The molecule has 0 spiro atoms. The van der Waals surface area contributed by atoms with E-state index in [-0.39, 0.29) is 16.6 Å². The molecule has 0 saturated heterocycles. The third-order valence-electron chi connectivity index (χ3n) is 2.58. The highest BCUT2D eigenvalue weighted by Crippen LogP contribution is 2.16. The minimum absolute atomic E-state index is 0.0521. The van der Waals surface area contributed by atoms with Crippen LogP contribution >= 0.6 is 11.6 Å². The van der Waals surface area contributed by atoms with Crippen LogP contribution in [-0.2, 0) is 0 Å². The number of rotatable bonds is 5. The maximum Gasteiger partial charge on any atom is 0.287 e. The first-order valence-corrected chi connectivity index (χ1v) is 6.17. The summed E-state index contributed by atoms with van der Waals surface area (Å²) in [7, 11) is 0. The molecule has 0 fully saturated rings. The Hall–Kier alpha value is -1.11. The van der Waals surface area contributed by atoms with Crippen molar-refractivity contribution >= 4 is 17.3 Å². The predicted octanol–water partition coefficient (Wildman–Crippen LogP) is 0.598. The Kier molecular flexibility index (Phi) is 5.13. The molecule has 2 unspecified atom stereocenters. The van der Waals surface area contributed by atoms with Crippen LogP contribution in [0.5, 0.6) is 0 Å². The number of halogens is 1.